The number of nitrogens with one attached hydrogen (secondary N) is 1. The predicted octanol–water partition coefficient (Wildman–Crippen LogP) is 0.909. The van der Waals surface area contributed by atoms with Gasteiger partial charge in [-0.2, -0.15) is 0 Å². The summed E-state index contributed by atoms with van der Waals surface area (Å²) in [6.45, 7) is 3.77. The fourth-order valence-corrected chi connectivity index (χ4v) is 1.99. The normalized spacial score (nSPS) is 18.3. The Bertz CT molecular complexity index is 308. The monoisotopic (exact) mass is 243 g/mol. The molecule has 98 valence electrons. The van der Waals surface area contributed by atoms with E-state index < -0.39 is 17.0 Å². The molecule has 1 saturated carbocycles. The van der Waals surface area contributed by atoms with Gasteiger partial charge in [0, 0.05) is 13.0 Å². The molecular formula is C12H21NO4. The first-order chi connectivity index (χ1) is 7.72. The zero-order chi connectivity index (χ0) is 13.1. The molecule has 0 saturated heterocycles. The fraction of sp³-hybridized carbons (Fsp3) is 0.833. The molecule has 0 heterocycles. The molecular weight excluding hydrogens is 222 g/mol. The van der Waals surface area contributed by atoms with Crippen LogP contribution >= 0.6 is 0 Å². The quantitative estimate of drug-likeness (QED) is 0.647. The third-order valence-electron chi connectivity index (χ3n) is 3.17. The van der Waals surface area contributed by atoms with E-state index in [0.717, 1.165) is 19.3 Å². The second-order valence-electron chi connectivity index (χ2n) is 5.77. The van der Waals surface area contributed by atoms with E-state index >= 15 is 0 Å². The Balaban J connectivity index is 2.30. The van der Waals surface area contributed by atoms with Crippen LogP contribution in [0, 0.1) is 5.41 Å². The van der Waals surface area contributed by atoms with Gasteiger partial charge in [-0.05, 0) is 24.7 Å². The van der Waals surface area contributed by atoms with Gasteiger partial charge in [0.15, 0.2) is 0 Å². The van der Waals surface area contributed by atoms with Gasteiger partial charge in [0.05, 0.1) is 12.0 Å². The van der Waals surface area contributed by atoms with Crippen molar-refractivity contribution in [2.24, 2.45) is 5.41 Å². The van der Waals surface area contributed by atoms with Crippen LogP contribution in [0.1, 0.15) is 46.0 Å². The summed E-state index contributed by atoms with van der Waals surface area (Å²) >= 11 is 0. The van der Waals surface area contributed by atoms with E-state index in [1.165, 1.54) is 0 Å². The third kappa shape index (κ3) is 4.73. The molecule has 0 unspecified atom stereocenters. The molecule has 0 spiro atoms. The number of aliphatic carboxylic acids is 1. The summed E-state index contributed by atoms with van der Waals surface area (Å²) in [5.74, 6) is -1.10. The molecule has 17 heavy (non-hydrogen) atoms. The number of carbonyl (C=O) groups is 2. The number of rotatable bonds is 6. The highest BCUT2D eigenvalue weighted by Crippen LogP contribution is 2.31. The zero-order valence-electron chi connectivity index (χ0n) is 10.5. The molecule has 0 aromatic carbocycles. The Hall–Kier alpha value is -1.10. The molecule has 1 rings (SSSR count). The maximum Gasteiger partial charge on any atom is 0.303 e. The lowest BCUT2D eigenvalue weighted by atomic mass is 9.80. The van der Waals surface area contributed by atoms with Gasteiger partial charge in [-0.15, -0.1) is 0 Å². The molecule has 1 aliphatic rings. The predicted molar refractivity (Wildman–Crippen MR) is 62.5 cm³/mol. The summed E-state index contributed by atoms with van der Waals surface area (Å²) in [6, 6.07) is 0. The summed E-state index contributed by atoms with van der Waals surface area (Å²) in [6.07, 6.45) is 2.58. The smallest absolute Gasteiger partial charge is 0.303 e. The Labute approximate surface area is 101 Å². The minimum Gasteiger partial charge on any atom is -0.481 e. The molecule has 1 fully saturated rings. The van der Waals surface area contributed by atoms with Gasteiger partial charge in [0.25, 0.3) is 0 Å². The van der Waals surface area contributed by atoms with E-state index in [0.29, 0.717) is 0 Å². The van der Waals surface area contributed by atoms with Gasteiger partial charge >= 0.3 is 5.97 Å². The molecule has 0 atom stereocenters. The largest absolute Gasteiger partial charge is 0.481 e. The van der Waals surface area contributed by atoms with E-state index in [2.05, 4.69) is 5.32 Å². The van der Waals surface area contributed by atoms with Crippen molar-refractivity contribution in [2.45, 2.75) is 51.6 Å². The van der Waals surface area contributed by atoms with Gasteiger partial charge in [-0.1, -0.05) is 13.8 Å². The lowest BCUT2D eigenvalue weighted by molar-refractivity contribution is -0.139. The SMILES string of the molecule is CC(C)(CC(=O)O)CC(=O)NCC1(O)CCC1. The highest BCUT2D eigenvalue weighted by Gasteiger charge is 2.35. The summed E-state index contributed by atoms with van der Waals surface area (Å²) < 4.78 is 0. The number of carboxylic acids is 1. The van der Waals surface area contributed by atoms with E-state index in [1.54, 1.807) is 13.8 Å². The Morgan fingerprint density at radius 3 is 2.29 bits per heavy atom. The Morgan fingerprint density at radius 2 is 1.88 bits per heavy atom. The number of carbonyl (C=O) groups excluding carboxylic acids is 1. The van der Waals surface area contributed by atoms with Gasteiger partial charge in [0.1, 0.15) is 0 Å². The molecule has 0 aromatic heterocycles. The summed E-state index contributed by atoms with van der Waals surface area (Å²) in [5, 5.41) is 21.2. The van der Waals surface area contributed by atoms with Crippen molar-refractivity contribution in [1.82, 2.24) is 5.32 Å². The van der Waals surface area contributed by atoms with Crippen LogP contribution in [0.2, 0.25) is 0 Å². The van der Waals surface area contributed by atoms with Crippen molar-refractivity contribution in [3.8, 4) is 0 Å². The van der Waals surface area contributed by atoms with Gasteiger partial charge in [-0.3, -0.25) is 9.59 Å². The first kappa shape index (κ1) is 14.0. The molecule has 1 amide bonds. The molecule has 5 heteroatoms. The average molecular weight is 243 g/mol. The molecule has 5 nitrogen and oxygen atoms in total. The maximum atomic E-state index is 11.6. The number of hydrogen-bond donors (Lipinski definition) is 3. The van der Waals surface area contributed by atoms with Crippen molar-refractivity contribution >= 4 is 11.9 Å². The number of hydrogen-bond acceptors (Lipinski definition) is 3. The lowest BCUT2D eigenvalue weighted by Gasteiger charge is -2.36. The average Bonchev–Trinajstić information content (AvgIpc) is 2.08. The summed E-state index contributed by atoms with van der Waals surface area (Å²) in [5.41, 5.74) is -1.29. The van der Waals surface area contributed by atoms with Crippen LogP contribution in [0.15, 0.2) is 0 Å². The minimum atomic E-state index is -0.902. The fourth-order valence-electron chi connectivity index (χ4n) is 1.99. The first-order valence-electron chi connectivity index (χ1n) is 5.93. The van der Waals surface area contributed by atoms with E-state index in [9.17, 15) is 14.7 Å². The number of carboxylic acid groups (broad SMARTS) is 1. The van der Waals surface area contributed by atoms with Crippen molar-refractivity contribution < 1.29 is 19.8 Å². The summed E-state index contributed by atoms with van der Waals surface area (Å²) in [4.78, 5) is 22.2. The van der Waals surface area contributed by atoms with Crippen LogP contribution in [0.4, 0.5) is 0 Å². The second kappa shape index (κ2) is 5.04. The molecule has 0 aromatic rings. The van der Waals surface area contributed by atoms with Crippen LogP contribution in [-0.4, -0.2) is 34.2 Å². The van der Waals surface area contributed by atoms with E-state index in [-0.39, 0.29) is 25.3 Å². The molecule has 0 aliphatic heterocycles. The standard InChI is InChI=1S/C12H21NO4/c1-11(2,7-10(15)16)6-9(14)13-8-12(17)4-3-5-12/h17H,3-8H2,1-2H3,(H,13,14)(H,15,16). The van der Waals surface area contributed by atoms with Crippen LogP contribution in [0.5, 0.6) is 0 Å². The van der Waals surface area contributed by atoms with Gasteiger partial charge in [-0.25, -0.2) is 0 Å². The summed E-state index contributed by atoms with van der Waals surface area (Å²) in [7, 11) is 0. The molecule has 3 N–H and O–H groups in total. The van der Waals surface area contributed by atoms with Gasteiger partial charge < -0.3 is 15.5 Å². The van der Waals surface area contributed by atoms with E-state index in [1.807, 2.05) is 0 Å². The zero-order valence-corrected chi connectivity index (χ0v) is 10.5. The molecule has 0 bridgehead atoms. The van der Waals surface area contributed by atoms with Crippen LogP contribution in [-0.2, 0) is 9.59 Å². The third-order valence-corrected chi connectivity index (χ3v) is 3.17. The highest BCUT2D eigenvalue weighted by atomic mass is 16.4. The topological polar surface area (TPSA) is 86.6 Å². The number of amides is 1. The van der Waals surface area contributed by atoms with Crippen LogP contribution in [0.3, 0.4) is 0 Å². The second-order valence-corrected chi connectivity index (χ2v) is 5.77. The Morgan fingerprint density at radius 1 is 1.29 bits per heavy atom. The van der Waals surface area contributed by atoms with Crippen molar-refractivity contribution in [3.63, 3.8) is 0 Å². The van der Waals surface area contributed by atoms with Crippen LogP contribution < -0.4 is 5.32 Å². The van der Waals surface area contributed by atoms with E-state index in [4.69, 9.17) is 5.11 Å². The number of aliphatic hydroxyl groups is 1. The van der Waals surface area contributed by atoms with Gasteiger partial charge in [0.2, 0.25) is 5.91 Å². The highest BCUT2D eigenvalue weighted by molar-refractivity contribution is 5.78. The first-order valence-corrected chi connectivity index (χ1v) is 5.93. The maximum absolute atomic E-state index is 11.6. The minimum absolute atomic E-state index is 0.0370. The van der Waals surface area contributed by atoms with Crippen LogP contribution in [0.25, 0.3) is 0 Å². The van der Waals surface area contributed by atoms with Crippen molar-refractivity contribution in [3.05, 3.63) is 0 Å². The lowest BCUT2D eigenvalue weighted by Crippen LogP contribution is -2.48. The van der Waals surface area contributed by atoms with Crippen molar-refractivity contribution in [1.29, 1.82) is 0 Å². The van der Waals surface area contributed by atoms with Crippen molar-refractivity contribution in [2.75, 3.05) is 6.54 Å². The Kier molecular flexibility index (Phi) is 4.14. The molecule has 0 radical (unpaired) electrons. The molecule has 1 aliphatic carbocycles.